The zero-order valence-corrected chi connectivity index (χ0v) is 9.14. The minimum atomic E-state index is -0.0267. The summed E-state index contributed by atoms with van der Waals surface area (Å²) in [6.07, 6.45) is 1.81. The van der Waals surface area contributed by atoms with E-state index < -0.39 is 0 Å². The van der Waals surface area contributed by atoms with Gasteiger partial charge in [-0.25, -0.2) is 0 Å². The van der Waals surface area contributed by atoms with Gasteiger partial charge in [0.15, 0.2) is 0 Å². The third-order valence-corrected chi connectivity index (χ3v) is 3.29. The van der Waals surface area contributed by atoms with E-state index in [1.54, 1.807) is 0 Å². The van der Waals surface area contributed by atoms with Crippen LogP contribution < -0.4 is 4.74 Å². The number of hydrogen-bond acceptors (Lipinski definition) is 2. The minimum absolute atomic E-state index is 0.0267. The SMILES string of the molecule is Cn1c2c(c3ccccc31)OCCC2C=O. The van der Waals surface area contributed by atoms with Gasteiger partial charge in [0.1, 0.15) is 12.0 Å². The summed E-state index contributed by atoms with van der Waals surface area (Å²) in [5.41, 5.74) is 2.14. The third-order valence-electron chi connectivity index (χ3n) is 3.29. The van der Waals surface area contributed by atoms with Crippen LogP contribution in [0.25, 0.3) is 10.9 Å². The van der Waals surface area contributed by atoms with E-state index in [1.165, 1.54) is 0 Å². The Bertz CT molecular complexity index is 556. The van der Waals surface area contributed by atoms with Crippen molar-refractivity contribution in [1.29, 1.82) is 0 Å². The maximum absolute atomic E-state index is 11.1. The van der Waals surface area contributed by atoms with Crippen LogP contribution in [0.3, 0.4) is 0 Å². The zero-order valence-electron chi connectivity index (χ0n) is 9.14. The fourth-order valence-corrected chi connectivity index (χ4v) is 2.50. The van der Waals surface area contributed by atoms with E-state index in [9.17, 15) is 4.79 Å². The van der Waals surface area contributed by atoms with E-state index in [0.29, 0.717) is 6.61 Å². The number of aromatic nitrogens is 1. The first-order valence-corrected chi connectivity index (χ1v) is 5.48. The van der Waals surface area contributed by atoms with Crippen LogP contribution in [-0.4, -0.2) is 17.5 Å². The molecule has 1 aromatic heterocycles. The van der Waals surface area contributed by atoms with Crippen molar-refractivity contribution in [3.05, 3.63) is 30.0 Å². The Morgan fingerprint density at radius 3 is 3.06 bits per heavy atom. The fraction of sp³-hybridized carbons (Fsp3) is 0.308. The molecule has 0 spiro atoms. The molecule has 1 atom stereocenters. The van der Waals surface area contributed by atoms with Crippen molar-refractivity contribution in [2.24, 2.45) is 7.05 Å². The second kappa shape index (κ2) is 3.37. The maximum atomic E-state index is 11.1. The second-order valence-corrected chi connectivity index (χ2v) is 4.17. The van der Waals surface area contributed by atoms with Gasteiger partial charge in [0.25, 0.3) is 0 Å². The molecule has 2 aromatic rings. The first kappa shape index (κ1) is 9.46. The number of nitrogens with zero attached hydrogens (tertiary/aromatic N) is 1. The van der Waals surface area contributed by atoms with Crippen molar-refractivity contribution in [3.8, 4) is 5.75 Å². The number of carbonyl (C=O) groups is 1. The number of fused-ring (bicyclic) bond motifs is 3. The van der Waals surface area contributed by atoms with E-state index >= 15 is 0 Å². The smallest absolute Gasteiger partial charge is 0.148 e. The molecule has 0 saturated carbocycles. The van der Waals surface area contributed by atoms with Crippen LogP contribution in [-0.2, 0) is 11.8 Å². The Morgan fingerprint density at radius 2 is 2.25 bits per heavy atom. The number of aldehydes is 1. The van der Waals surface area contributed by atoms with Gasteiger partial charge >= 0.3 is 0 Å². The van der Waals surface area contributed by atoms with Crippen LogP contribution in [0.5, 0.6) is 5.75 Å². The van der Waals surface area contributed by atoms with Gasteiger partial charge in [0.05, 0.1) is 23.7 Å². The van der Waals surface area contributed by atoms with Crippen molar-refractivity contribution in [2.45, 2.75) is 12.3 Å². The van der Waals surface area contributed by atoms with E-state index in [-0.39, 0.29) is 5.92 Å². The lowest BCUT2D eigenvalue weighted by atomic mass is 10.0. The molecule has 3 heteroatoms. The monoisotopic (exact) mass is 215 g/mol. The average Bonchev–Trinajstić information content (AvgIpc) is 2.64. The third kappa shape index (κ3) is 1.11. The summed E-state index contributed by atoms with van der Waals surface area (Å²) in [6, 6.07) is 8.10. The molecular formula is C13H13NO2. The molecule has 1 aromatic carbocycles. The quantitative estimate of drug-likeness (QED) is 0.683. The van der Waals surface area contributed by atoms with Crippen LogP contribution in [0.1, 0.15) is 18.0 Å². The molecule has 0 aliphatic carbocycles. The fourth-order valence-electron chi connectivity index (χ4n) is 2.50. The van der Waals surface area contributed by atoms with Crippen LogP contribution >= 0.6 is 0 Å². The Morgan fingerprint density at radius 1 is 1.44 bits per heavy atom. The molecular weight excluding hydrogens is 202 g/mol. The second-order valence-electron chi connectivity index (χ2n) is 4.17. The number of para-hydroxylation sites is 1. The van der Waals surface area contributed by atoms with Gasteiger partial charge in [-0.1, -0.05) is 12.1 Å². The van der Waals surface area contributed by atoms with Crippen LogP contribution in [0.4, 0.5) is 0 Å². The molecule has 3 rings (SSSR count). The molecule has 0 amide bonds. The summed E-state index contributed by atoms with van der Waals surface area (Å²) in [5, 5.41) is 1.10. The first-order chi connectivity index (χ1) is 7.83. The number of hydrogen-bond donors (Lipinski definition) is 0. The van der Waals surface area contributed by atoms with Gasteiger partial charge in [-0.2, -0.15) is 0 Å². The Labute approximate surface area is 93.6 Å². The maximum Gasteiger partial charge on any atom is 0.148 e. The van der Waals surface area contributed by atoms with E-state index in [4.69, 9.17) is 4.74 Å². The van der Waals surface area contributed by atoms with Crippen molar-refractivity contribution >= 4 is 17.2 Å². The molecule has 0 saturated heterocycles. The minimum Gasteiger partial charge on any atom is -0.491 e. The number of benzene rings is 1. The molecule has 0 fully saturated rings. The largest absolute Gasteiger partial charge is 0.491 e. The van der Waals surface area contributed by atoms with Crippen molar-refractivity contribution in [1.82, 2.24) is 4.57 Å². The summed E-state index contributed by atoms with van der Waals surface area (Å²) >= 11 is 0. The first-order valence-electron chi connectivity index (χ1n) is 5.48. The lowest BCUT2D eigenvalue weighted by molar-refractivity contribution is -0.109. The number of rotatable bonds is 1. The Hall–Kier alpha value is -1.77. The highest BCUT2D eigenvalue weighted by molar-refractivity contribution is 5.90. The van der Waals surface area contributed by atoms with Gasteiger partial charge in [-0.15, -0.1) is 0 Å². The number of ether oxygens (including phenoxy) is 1. The molecule has 0 N–H and O–H groups in total. The highest BCUT2D eigenvalue weighted by atomic mass is 16.5. The lowest BCUT2D eigenvalue weighted by Gasteiger charge is -2.20. The Kier molecular flexibility index (Phi) is 1.99. The molecule has 1 aliphatic rings. The van der Waals surface area contributed by atoms with Crippen molar-refractivity contribution < 1.29 is 9.53 Å². The van der Waals surface area contributed by atoms with E-state index in [2.05, 4.69) is 10.6 Å². The summed E-state index contributed by atoms with van der Waals surface area (Å²) in [5.74, 6) is 0.864. The van der Waals surface area contributed by atoms with E-state index in [0.717, 1.165) is 35.1 Å². The van der Waals surface area contributed by atoms with Gasteiger partial charge in [-0.05, 0) is 18.6 Å². The predicted molar refractivity (Wildman–Crippen MR) is 61.8 cm³/mol. The van der Waals surface area contributed by atoms with Gasteiger partial charge in [0, 0.05) is 12.4 Å². The molecule has 0 bridgehead atoms. The molecule has 2 heterocycles. The molecule has 3 nitrogen and oxygen atoms in total. The lowest BCUT2D eigenvalue weighted by Crippen LogP contribution is -2.16. The highest BCUT2D eigenvalue weighted by Crippen LogP contribution is 2.40. The van der Waals surface area contributed by atoms with Gasteiger partial charge in [-0.3, -0.25) is 0 Å². The van der Waals surface area contributed by atoms with E-state index in [1.807, 2.05) is 25.2 Å². The summed E-state index contributed by atoms with van der Waals surface area (Å²) in [7, 11) is 1.99. The summed E-state index contributed by atoms with van der Waals surface area (Å²) in [6.45, 7) is 0.629. The zero-order chi connectivity index (χ0) is 11.1. The summed E-state index contributed by atoms with van der Waals surface area (Å²) in [4.78, 5) is 11.1. The molecule has 0 radical (unpaired) electrons. The number of carbonyl (C=O) groups excluding carboxylic acids is 1. The Balaban J connectivity index is 2.37. The van der Waals surface area contributed by atoms with Gasteiger partial charge < -0.3 is 14.1 Å². The number of aryl methyl sites for hydroxylation is 1. The average molecular weight is 215 g/mol. The highest BCUT2D eigenvalue weighted by Gasteiger charge is 2.27. The van der Waals surface area contributed by atoms with Gasteiger partial charge in [0.2, 0.25) is 0 Å². The summed E-state index contributed by atoms with van der Waals surface area (Å²) < 4.78 is 7.78. The topological polar surface area (TPSA) is 31.2 Å². The standard InChI is InChI=1S/C13H13NO2/c1-14-11-5-3-2-4-10(11)13-12(14)9(8-15)6-7-16-13/h2-5,8-9H,6-7H2,1H3. The molecule has 1 unspecified atom stereocenters. The van der Waals surface area contributed by atoms with Crippen LogP contribution in [0.15, 0.2) is 24.3 Å². The molecule has 82 valence electrons. The molecule has 1 aliphatic heterocycles. The van der Waals surface area contributed by atoms with Crippen LogP contribution in [0, 0.1) is 0 Å². The van der Waals surface area contributed by atoms with Crippen LogP contribution in [0.2, 0.25) is 0 Å². The molecule has 16 heavy (non-hydrogen) atoms. The van der Waals surface area contributed by atoms with Crippen molar-refractivity contribution in [2.75, 3.05) is 6.61 Å². The predicted octanol–water partition coefficient (Wildman–Crippen LogP) is 2.24. The van der Waals surface area contributed by atoms with Crippen molar-refractivity contribution in [3.63, 3.8) is 0 Å². The normalized spacial score (nSPS) is 19.2.